The van der Waals surface area contributed by atoms with Crippen molar-refractivity contribution in [2.75, 3.05) is 6.54 Å². The van der Waals surface area contributed by atoms with E-state index in [1.165, 1.54) is 16.7 Å². The van der Waals surface area contributed by atoms with Crippen LogP contribution >= 0.6 is 11.9 Å². The molecule has 0 heterocycles. The van der Waals surface area contributed by atoms with E-state index < -0.39 is 6.10 Å². The zero-order chi connectivity index (χ0) is 23.6. The maximum absolute atomic E-state index is 10.7. The van der Waals surface area contributed by atoms with E-state index in [1.54, 1.807) is 11.9 Å². The highest BCUT2D eigenvalue weighted by atomic mass is 32.2. The van der Waals surface area contributed by atoms with Crippen LogP contribution in [0.2, 0.25) is 0 Å². The summed E-state index contributed by atoms with van der Waals surface area (Å²) in [6.45, 7) is 6.99. The van der Waals surface area contributed by atoms with Crippen LogP contribution < -0.4 is 15.5 Å². The van der Waals surface area contributed by atoms with E-state index in [9.17, 15) is 10.3 Å². The van der Waals surface area contributed by atoms with E-state index in [2.05, 4.69) is 78.8 Å². The first kappa shape index (κ1) is 25.8. The zero-order valence-corrected chi connectivity index (χ0v) is 20.9. The van der Waals surface area contributed by atoms with Crippen LogP contribution in [0.5, 0.6) is 0 Å². The minimum absolute atomic E-state index is 0.00736. The van der Waals surface area contributed by atoms with E-state index in [1.807, 2.05) is 12.1 Å². The predicted molar refractivity (Wildman–Crippen MR) is 137 cm³/mol. The lowest BCUT2D eigenvalue weighted by Gasteiger charge is -2.28. The summed E-state index contributed by atoms with van der Waals surface area (Å²) in [6.07, 6.45) is 6.38. The van der Waals surface area contributed by atoms with Gasteiger partial charge in [-0.3, -0.25) is 4.72 Å². The van der Waals surface area contributed by atoms with E-state index in [0.29, 0.717) is 13.0 Å². The number of aliphatic hydroxyl groups is 1. The molecule has 0 radical (unpaired) electrons. The first-order chi connectivity index (χ1) is 16.0. The SMILES string of the molecule is CC/C=C(\NC1c2ccccc2CC1NO)C(C)CC(O)CNSc1ccc(CCC)cc1. The van der Waals surface area contributed by atoms with Gasteiger partial charge in [-0.15, -0.1) is 0 Å². The highest BCUT2D eigenvalue weighted by Crippen LogP contribution is 2.33. The van der Waals surface area contributed by atoms with Gasteiger partial charge in [0.25, 0.3) is 0 Å². The van der Waals surface area contributed by atoms with Gasteiger partial charge >= 0.3 is 0 Å². The van der Waals surface area contributed by atoms with Gasteiger partial charge in [0, 0.05) is 17.1 Å². The third kappa shape index (κ3) is 7.33. The van der Waals surface area contributed by atoms with Crippen molar-refractivity contribution in [3.63, 3.8) is 0 Å². The van der Waals surface area contributed by atoms with Crippen LogP contribution in [0, 0.1) is 5.92 Å². The van der Waals surface area contributed by atoms with Crippen molar-refractivity contribution < 1.29 is 10.3 Å². The van der Waals surface area contributed by atoms with Crippen molar-refractivity contribution in [1.29, 1.82) is 0 Å². The number of fused-ring (bicyclic) bond motifs is 1. The molecule has 6 heteroatoms. The fourth-order valence-electron chi connectivity index (χ4n) is 4.55. The first-order valence-electron chi connectivity index (χ1n) is 12.2. The fourth-order valence-corrected chi connectivity index (χ4v) is 5.26. The highest BCUT2D eigenvalue weighted by Gasteiger charge is 2.33. The van der Waals surface area contributed by atoms with Crippen LogP contribution in [-0.2, 0) is 12.8 Å². The van der Waals surface area contributed by atoms with Crippen molar-refractivity contribution in [2.24, 2.45) is 5.92 Å². The number of hydroxylamine groups is 1. The predicted octanol–water partition coefficient (Wildman–Crippen LogP) is 5.15. The number of benzene rings is 2. The summed E-state index contributed by atoms with van der Waals surface area (Å²) in [6, 6.07) is 16.9. The van der Waals surface area contributed by atoms with Crippen LogP contribution in [0.15, 0.2) is 65.2 Å². The van der Waals surface area contributed by atoms with Gasteiger partial charge in [-0.05, 0) is 72.4 Å². The second-order valence-electron chi connectivity index (χ2n) is 8.96. The van der Waals surface area contributed by atoms with Gasteiger partial charge in [0.2, 0.25) is 0 Å². The van der Waals surface area contributed by atoms with Crippen LogP contribution in [0.3, 0.4) is 0 Å². The summed E-state index contributed by atoms with van der Waals surface area (Å²) in [4.78, 5) is 1.16. The molecule has 0 aliphatic heterocycles. The molecule has 0 saturated heterocycles. The molecule has 33 heavy (non-hydrogen) atoms. The molecule has 1 aliphatic carbocycles. The first-order valence-corrected chi connectivity index (χ1v) is 13.0. The lowest BCUT2D eigenvalue weighted by Crippen LogP contribution is -2.39. The maximum atomic E-state index is 10.7. The maximum Gasteiger partial charge on any atom is 0.0692 e. The third-order valence-electron chi connectivity index (χ3n) is 6.27. The Morgan fingerprint density at radius 1 is 1.15 bits per heavy atom. The van der Waals surface area contributed by atoms with Crippen LogP contribution in [0.25, 0.3) is 0 Å². The molecule has 0 spiro atoms. The van der Waals surface area contributed by atoms with Crippen molar-refractivity contribution in [2.45, 2.75) is 76.0 Å². The quantitative estimate of drug-likeness (QED) is 0.206. The largest absolute Gasteiger partial charge is 0.392 e. The molecule has 4 unspecified atom stereocenters. The molecule has 4 atom stereocenters. The molecular weight excluding hydrogens is 430 g/mol. The Labute approximate surface area is 203 Å². The summed E-state index contributed by atoms with van der Waals surface area (Å²) in [5.74, 6) is 0.173. The number of nitrogens with one attached hydrogen (secondary N) is 3. The Balaban J connectivity index is 1.52. The normalized spacial score (nSPS) is 19.8. The molecule has 5 nitrogen and oxygen atoms in total. The molecule has 0 fully saturated rings. The second-order valence-corrected chi connectivity index (χ2v) is 9.93. The van der Waals surface area contributed by atoms with Crippen molar-refractivity contribution in [3.8, 4) is 0 Å². The minimum atomic E-state index is -0.448. The number of hydrogen-bond donors (Lipinski definition) is 5. The molecular formula is C27H39N3O2S. The van der Waals surface area contributed by atoms with Crippen LogP contribution in [0.4, 0.5) is 0 Å². The Morgan fingerprint density at radius 3 is 2.61 bits per heavy atom. The Kier molecular flexibility index (Phi) is 10.3. The topological polar surface area (TPSA) is 76.5 Å². The lowest BCUT2D eigenvalue weighted by molar-refractivity contribution is 0.112. The van der Waals surface area contributed by atoms with Crippen molar-refractivity contribution in [1.82, 2.24) is 15.5 Å². The van der Waals surface area contributed by atoms with Gasteiger partial charge in [0.15, 0.2) is 0 Å². The third-order valence-corrected chi connectivity index (χ3v) is 7.09. The standard InChI is InChI=1S/C27H39N3O2S/c1-4-8-20-12-14-23(15-13-20)33-28-18-22(31)16-19(3)25(9-5-2)29-27-24-11-7-6-10-21(24)17-26(27)30-32/h6-7,9-15,19,22,26-32H,4-5,8,16-18H2,1-3H3/b25-9-. The molecule has 0 bridgehead atoms. The summed E-state index contributed by atoms with van der Waals surface area (Å²) in [7, 11) is 0. The molecule has 2 aromatic rings. The summed E-state index contributed by atoms with van der Waals surface area (Å²) < 4.78 is 3.32. The average molecular weight is 470 g/mol. The molecule has 1 aliphatic rings. The van der Waals surface area contributed by atoms with Gasteiger partial charge in [0.1, 0.15) is 0 Å². The van der Waals surface area contributed by atoms with E-state index >= 15 is 0 Å². The Bertz CT molecular complexity index is 887. The van der Waals surface area contributed by atoms with Gasteiger partial charge in [-0.1, -0.05) is 69.7 Å². The molecule has 2 aromatic carbocycles. The number of aryl methyl sites for hydroxylation is 1. The zero-order valence-electron chi connectivity index (χ0n) is 20.1. The van der Waals surface area contributed by atoms with E-state index in [4.69, 9.17) is 0 Å². The smallest absolute Gasteiger partial charge is 0.0692 e. The molecule has 3 rings (SSSR count). The summed E-state index contributed by atoms with van der Waals surface area (Å²) >= 11 is 1.57. The minimum Gasteiger partial charge on any atom is -0.392 e. The number of aliphatic hydroxyl groups excluding tert-OH is 1. The molecule has 0 saturated carbocycles. The van der Waals surface area contributed by atoms with Gasteiger partial charge in [-0.25, -0.2) is 0 Å². The molecule has 5 N–H and O–H groups in total. The van der Waals surface area contributed by atoms with Gasteiger partial charge in [-0.2, -0.15) is 5.48 Å². The lowest BCUT2D eigenvalue weighted by atomic mass is 9.97. The highest BCUT2D eigenvalue weighted by molar-refractivity contribution is 7.97. The Morgan fingerprint density at radius 2 is 1.91 bits per heavy atom. The van der Waals surface area contributed by atoms with Crippen LogP contribution in [0.1, 0.15) is 62.8 Å². The van der Waals surface area contributed by atoms with E-state index in [-0.39, 0.29) is 18.0 Å². The van der Waals surface area contributed by atoms with E-state index in [0.717, 1.165) is 36.3 Å². The molecule has 180 valence electrons. The summed E-state index contributed by atoms with van der Waals surface area (Å²) in [5, 5.41) is 24.0. The Hall–Kier alpha value is -1.83. The van der Waals surface area contributed by atoms with Gasteiger partial charge in [0.05, 0.1) is 18.2 Å². The molecule has 0 amide bonds. The van der Waals surface area contributed by atoms with Crippen LogP contribution in [-0.4, -0.2) is 29.0 Å². The fraction of sp³-hybridized carbons (Fsp3) is 0.481. The number of rotatable bonds is 13. The van der Waals surface area contributed by atoms with Gasteiger partial charge < -0.3 is 15.6 Å². The monoisotopic (exact) mass is 469 g/mol. The van der Waals surface area contributed by atoms with Crippen molar-refractivity contribution in [3.05, 3.63) is 77.0 Å². The second kappa shape index (κ2) is 13.2. The average Bonchev–Trinajstić information content (AvgIpc) is 3.17. The molecule has 0 aromatic heterocycles. The number of hydrogen-bond acceptors (Lipinski definition) is 6. The van der Waals surface area contributed by atoms with Crippen molar-refractivity contribution >= 4 is 11.9 Å². The summed E-state index contributed by atoms with van der Waals surface area (Å²) in [5.41, 5.74) is 7.46. The number of allylic oxidation sites excluding steroid dienone is 2.